The van der Waals surface area contributed by atoms with Gasteiger partial charge in [-0.15, -0.1) is 12.4 Å². The lowest BCUT2D eigenvalue weighted by atomic mass is 10.0. The van der Waals surface area contributed by atoms with Crippen LogP contribution in [0.4, 0.5) is 0 Å². The van der Waals surface area contributed by atoms with E-state index in [0.29, 0.717) is 29.8 Å². The molecule has 3 aromatic rings. The molecule has 0 unspecified atom stereocenters. The van der Waals surface area contributed by atoms with E-state index in [2.05, 4.69) is 10.1 Å². The molecular weight excluding hydrogens is 426 g/mol. The fourth-order valence-electron chi connectivity index (χ4n) is 4.46. The van der Waals surface area contributed by atoms with Crippen molar-refractivity contribution in [3.8, 4) is 0 Å². The van der Waals surface area contributed by atoms with Crippen LogP contribution in [0.15, 0.2) is 48.7 Å². The van der Waals surface area contributed by atoms with Crippen LogP contribution < -0.4 is 5.73 Å². The summed E-state index contributed by atoms with van der Waals surface area (Å²) in [6.07, 6.45) is 1.67. The number of hydrogen-bond donors (Lipinski definition) is 1. The normalized spacial score (nSPS) is 24.6. The smallest absolute Gasteiger partial charge is 0.275 e. The Morgan fingerprint density at radius 3 is 2.63 bits per heavy atom. The number of halogens is 1. The van der Waals surface area contributed by atoms with E-state index in [1.165, 1.54) is 0 Å². The third-order valence-electron chi connectivity index (χ3n) is 5.92. The maximum absolute atomic E-state index is 13.3. The summed E-state index contributed by atoms with van der Waals surface area (Å²) in [4.78, 5) is 19.3. The molecule has 30 heavy (non-hydrogen) atoms. The van der Waals surface area contributed by atoms with Crippen LogP contribution in [-0.4, -0.2) is 64.1 Å². The molecule has 0 aliphatic carbocycles. The van der Waals surface area contributed by atoms with Crippen molar-refractivity contribution in [3.63, 3.8) is 0 Å². The van der Waals surface area contributed by atoms with Crippen LogP contribution in [0.3, 0.4) is 0 Å². The first-order chi connectivity index (χ1) is 13.9. The van der Waals surface area contributed by atoms with E-state index in [1.54, 1.807) is 21.8 Å². The minimum absolute atomic E-state index is 0. The van der Waals surface area contributed by atoms with E-state index < -0.39 is 21.1 Å². The van der Waals surface area contributed by atoms with Gasteiger partial charge in [0.05, 0.1) is 22.9 Å². The van der Waals surface area contributed by atoms with Crippen molar-refractivity contribution in [3.05, 3.63) is 59.9 Å². The number of rotatable bonds is 3. The molecule has 4 heterocycles. The SMILES string of the molecule is Cl.N[C@@H]1CS(=O)(=O)[C@H]2CN(C(=O)c3nn(Cc4ccccc4)c4ncccc34)C[C@@H]12. The number of amides is 1. The first kappa shape index (κ1) is 20.8. The second-order valence-electron chi connectivity index (χ2n) is 7.77. The molecule has 2 fully saturated rings. The molecule has 2 aliphatic rings. The number of likely N-dealkylation sites (tertiary alicyclic amines) is 1. The predicted octanol–water partition coefficient (Wildman–Crippen LogP) is 1.10. The van der Waals surface area contributed by atoms with Gasteiger partial charge in [-0.2, -0.15) is 5.10 Å². The standard InChI is InChI=1S/C20H21N5O3S.ClH/c21-16-12-29(27,28)17-11-24(10-15(16)17)20(26)18-14-7-4-8-22-19(14)25(23-18)9-13-5-2-1-3-6-13;/h1-8,15-17H,9-12,21H2;1H/t15-,16+,17-;/m0./s1. The molecule has 5 rings (SSSR count). The monoisotopic (exact) mass is 447 g/mol. The lowest BCUT2D eigenvalue weighted by Gasteiger charge is -2.17. The van der Waals surface area contributed by atoms with Crippen molar-refractivity contribution in [1.82, 2.24) is 19.7 Å². The van der Waals surface area contributed by atoms with Crippen molar-refractivity contribution in [2.24, 2.45) is 11.7 Å². The minimum atomic E-state index is -3.26. The Morgan fingerprint density at radius 2 is 1.90 bits per heavy atom. The molecule has 2 aliphatic heterocycles. The largest absolute Gasteiger partial charge is 0.336 e. The summed E-state index contributed by atoms with van der Waals surface area (Å²) in [7, 11) is -3.26. The molecule has 8 nitrogen and oxygen atoms in total. The van der Waals surface area contributed by atoms with Crippen LogP contribution in [0.25, 0.3) is 11.0 Å². The zero-order valence-corrected chi connectivity index (χ0v) is 17.7. The number of fused-ring (bicyclic) bond motifs is 2. The second kappa shape index (κ2) is 7.64. The van der Waals surface area contributed by atoms with Crippen LogP contribution in [0, 0.1) is 5.92 Å². The van der Waals surface area contributed by atoms with Crippen molar-refractivity contribution in [2.45, 2.75) is 17.8 Å². The quantitative estimate of drug-likeness (QED) is 0.643. The number of benzene rings is 1. The fraction of sp³-hybridized carbons (Fsp3) is 0.350. The van der Waals surface area contributed by atoms with Gasteiger partial charge < -0.3 is 10.6 Å². The molecule has 1 amide bonds. The maximum Gasteiger partial charge on any atom is 0.275 e. The van der Waals surface area contributed by atoms with E-state index in [4.69, 9.17) is 5.73 Å². The Kier molecular flexibility index (Phi) is 5.29. The summed E-state index contributed by atoms with van der Waals surface area (Å²) in [6, 6.07) is 13.0. The van der Waals surface area contributed by atoms with Crippen LogP contribution in [0.1, 0.15) is 16.1 Å². The van der Waals surface area contributed by atoms with Gasteiger partial charge in [-0.1, -0.05) is 30.3 Å². The molecule has 2 aromatic heterocycles. The Balaban J connectivity index is 0.00000218. The van der Waals surface area contributed by atoms with Gasteiger partial charge in [-0.25, -0.2) is 18.1 Å². The number of hydrogen-bond acceptors (Lipinski definition) is 6. The van der Waals surface area contributed by atoms with Crippen LogP contribution >= 0.6 is 12.4 Å². The number of pyridine rings is 1. The summed E-state index contributed by atoms with van der Waals surface area (Å²) < 4.78 is 26.4. The van der Waals surface area contributed by atoms with Gasteiger partial charge in [0.2, 0.25) is 0 Å². The highest BCUT2D eigenvalue weighted by molar-refractivity contribution is 7.92. The molecule has 2 N–H and O–H groups in total. The third kappa shape index (κ3) is 3.36. The molecule has 0 spiro atoms. The number of sulfone groups is 1. The molecule has 0 saturated carbocycles. The summed E-state index contributed by atoms with van der Waals surface area (Å²) in [5.74, 6) is -0.477. The zero-order chi connectivity index (χ0) is 20.2. The van der Waals surface area contributed by atoms with Crippen molar-refractivity contribution in [2.75, 3.05) is 18.8 Å². The first-order valence-corrected chi connectivity index (χ1v) is 11.3. The lowest BCUT2D eigenvalue weighted by Crippen LogP contribution is -2.36. The van der Waals surface area contributed by atoms with Gasteiger partial charge in [-0.05, 0) is 17.7 Å². The zero-order valence-electron chi connectivity index (χ0n) is 16.1. The van der Waals surface area contributed by atoms with Gasteiger partial charge >= 0.3 is 0 Å². The first-order valence-electron chi connectivity index (χ1n) is 9.56. The second-order valence-corrected chi connectivity index (χ2v) is 10.0. The van der Waals surface area contributed by atoms with Gasteiger partial charge in [0.1, 0.15) is 0 Å². The van der Waals surface area contributed by atoms with E-state index >= 15 is 0 Å². The average Bonchev–Trinajstić information content (AvgIpc) is 3.36. The summed E-state index contributed by atoms with van der Waals surface area (Å²) in [6.45, 7) is 1.01. The predicted molar refractivity (Wildman–Crippen MR) is 115 cm³/mol. The van der Waals surface area contributed by atoms with Crippen LogP contribution in [0.2, 0.25) is 0 Å². The Bertz CT molecular complexity index is 1200. The van der Waals surface area contributed by atoms with E-state index in [0.717, 1.165) is 5.56 Å². The van der Waals surface area contributed by atoms with Crippen LogP contribution in [-0.2, 0) is 16.4 Å². The topological polar surface area (TPSA) is 111 Å². The lowest BCUT2D eigenvalue weighted by molar-refractivity contribution is 0.0781. The van der Waals surface area contributed by atoms with Crippen molar-refractivity contribution < 1.29 is 13.2 Å². The van der Waals surface area contributed by atoms with Gasteiger partial charge in [0, 0.05) is 31.2 Å². The summed E-state index contributed by atoms with van der Waals surface area (Å²) in [5, 5.41) is 4.65. The molecule has 2 saturated heterocycles. The highest BCUT2D eigenvalue weighted by Crippen LogP contribution is 2.34. The van der Waals surface area contributed by atoms with E-state index in [1.807, 2.05) is 36.4 Å². The van der Waals surface area contributed by atoms with Gasteiger partial charge in [0.25, 0.3) is 5.91 Å². The third-order valence-corrected chi connectivity index (χ3v) is 8.19. The highest BCUT2D eigenvalue weighted by atomic mass is 35.5. The molecule has 3 atom stereocenters. The van der Waals surface area contributed by atoms with E-state index in [9.17, 15) is 13.2 Å². The Labute approximate surface area is 180 Å². The summed E-state index contributed by atoms with van der Waals surface area (Å²) >= 11 is 0. The molecule has 0 bridgehead atoms. The Morgan fingerprint density at radius 1 is 1.13 bits per heavy atom. The maximum atomic E-state index is 13.3. The highest BCUT2D eigenvalue weighted by Gasteiger charge is 2.52. The van der Waals surface area contributed by atoms with Gasteiger partial charge in [-0.3, -0.25) is 4.79 Å². The summed E-state index contributed by atoms with van der Waals surface area (Å²) in [5.41, 5.74) is 8.01. The number of carbonyl (C=O) groups excluding carboxylic acids is 1. The fourth-order valence-corrected chi connectivity index (χ4v) is 6.71. The number of aromatic nitrogens is 3. The molecular formula is C20H22ClN5O3S. The number of nitrogens with zero attached hydrogens (tertiary/aromatic N) is 4. The Hall–Kier alpha value is -2.49. The van der Waals surface area contributed by atoms with Crippen molar-refractivity contribution >= 4 is 39.2 Å². The number of carbonyl (C=O) groups is 1. The molecule has 1 aromatic carbocycles. The average molecular weight is 448 g/mol. The molecule has 0 radical (unpaired) electrons. The van der Waals surface area contributed by atoms with Crippen LogP contribution in [0.5, 0.6) is 0 Å². The van der Waals surface area contributed by atoms with Gasteiger partial charge in [0.15, 0.2) is 21.2 Å². The van der Waals surface area contributed by atoms with E-state index in [-0.39, 0.29) is 36.5 Å². The minimum Gasteiger partial charge on any atom is -0.336 e. The van der Waals surface area contributed by atoms with Crippen molar-refractivity contribution in [1.29, 1.82) is 0 Å². The molecule has 158 valence electrons. The number of nitrogens with two attached hydrogens (primary N) is 1. The molecule has 10 heteroatoms.